The minimum absolute atomic E-state index is 0.0533. The van der Waals surface area contributed by atoms with E-state index in [2.05, 4.69) is 53.2 Å². The van der Waals surface area contributed by atoms with Gasteiger partial charge in [-0.15, -0.1) is 0 Å². The SMILES string of the molecule is CCC[C@@H]1NC(=O)CNC(=O)[C@H](CCN)NC(=O)[C@@H](NC(=O)[C@H](CCN)NC(=O)[C@@H](NC(=O)[C@@H](N)CCN)[C@@H](C)O)CCNC(=O)[C@H]([C@@H](C)O)NC(=O)[C@H](CCN)NC(=O)[C@H](CCN)NC1=O. The molecule has 1 aliphatic heterocycles. The Morgan fingerprint density at radius 2 is 1.12 bits per heavy atom. The van der Waals surface area contributed by atoms with Crippen molar-refractivity contribution >= 4 is 59.1 Å². The molecule has 28 heteroatoms. The minimum Gasteiger partial charge on any atom is -0.391 e. The largest absolute Gasteiger partial charge is 0.391 e. The van der Waals surface area contributed by atoms with E-state index in [4.69, 9.17) is 34.4 Å². The van der Waals surface area contributed by atoms with Crippen LogP contribution in [0.4, 0.5) is 0 Å². The van der Waals surface area contributed by atoms with E-state index >= 15 is 0 Å². The van der Waals surface area contributed by atoms with Crippen LogP contribution in [0.25, 0.3) is 0 Å². The first kappa shape index (κ1) is 59.4. The lowest BCUT2D eigenvalue weighted by atomic mass is 10.1. The third-order valence-corrected chi connectivity index (χ3v) is 10.3. The molecule has 382 valence electrons. The molecule has 11 atom stereocenters. The zero-order chi connectivity index (χ0) is 50.8. The van der Waals surface area contributed by atoms with Crippen molar-refractivity contribution in [3.05, 3.63) is 0 Å². The fraction of sp³-hybridized carbons (Fsp3) is 0.744. The van der Waals surface area contributed by atoms with Crippen LogP contribution in [0.3, 0.4) is 0 Å². The van der Waals surface area contributed by atoms with Gasteiger partial charge >= 0.3 is 0 Å². The average molecular weight is 959 g/mol. The molecule has 1 fully saturated rings. The first-order valence-electron chi connectivity index (χ1n) is 22.3. The lowest BCUT2D eigenvalue weighted by Crippen LogP contribution is -2.61. The van der Waals surface area contributed by atoms with Crippen molar-refractivity contribution in [1.29, 1.82) is 0 Å². The van der Waals surface area contributed by atoms with Crippen molar-refractivity contribution < 1.29 is 58.2 Å². The number of aliphatic hydroxyl groups excluding tert-OH is 2. The summed E-state index contributed by atoms with van der Waals surface area (Å²) in [4.78, 5) is 134. The normalized spacial score (nSPS) is 24.3. The second-order valence-electron chi connectivity index (χ2n) is 16.0. The van der Waals surface area contributed by atoms with Gasteiger partial charge in [-0.25, -0.2) is 0 Å². The van der Waals surface area contributed by atoms with Crippen molar-refractivity contribution in [2.75, 3.05) is 45.8 Å². The summed E-state index contributed by atoms with van der Waals surface area (Å²) in [5.41, 5.74) is 34.2. The Hall–Kier alpha value is -5.62. The maximum atomic E-state index is 14.0. The second kappa shape index (κ2) is 31.4. The van der Waals surface area contributed by atoms with Crippen LogP contribution in [0.1, 0.15) is 72.1 Å². The predicted molar refractivity (Wildman–Crippen MR) is 241 cm³/mol. The molecule has 24 N–H and O–H groups in total. The van der Waals surface area contributed by atoms with Crippen LogP contribution in [0.5, 0.6) is 0 Å². The van der Waals surface area contributed by atoms with Gasteiger partial charge in [0.05, 0.1) is 24.8 Å². The number of hydrogen-bond donors (Lipinski definition) is 18. The molecule has 1 saturated heterocycles. The topological polar surface area (TPSA) is 488 Å². The molecule has 0 saturated carbocycles. The van der Waals surface area contributed by atoms with Crippen molar-refractivity contribution in [3.8, 4) is 0 Å². The highest BCUT2D eigenvalue weighted by atomic mass is 16.3. The zero-order valence-electron chi connectivity index (χ0n) is 38.4. The number of aliphatic hydroxyl groups is 2. The Labute approximate surface area is 388 Å². The molecule has 0 aromatic rings. The highest BCUT2D eigenvalue weighted by Gasteiger charge is 2.35. The zero-order valence-corrected chi connectivity index (χ0v) is 38.4. The molecule has 0 aromatic carbocycles. The summed E-state index contributed by atoms with van der Waals surface area (Å²) in [7, 11) is 0. The number of nitrogens with two attached hydrogens (primary N) is 6. The fourth-order valence-electron chi connectivity index (χ4n) is 6.54. The Morgan fingerprint density at radius 3 is 1.61 bits per heavy atom. The van der Waals surface area contributed by atoms with Crippen molar-refractivity contribution in [2.24, 2.45) is 34.4 Å². The number of carbonyl (C=O) groups is 10. The van der Waals surface area contributed by atoms with E-state index in [0.29, 0.717) is 6.42 Å². The molecule has 0 unspecified atom stereocenters. The van der Waals surface area contributed by atoms with Crippen LogP contribution in [0.2, 0.25) is 0 Å². The maximum absolute atomic E-state index is 14.0. The van der Waals surface area contributed by atoms with Gasteiger partial charge in [-0.3, -0.25) is 47.9 Å². The van der Waals surface area contributed by atoms with Gasteiger partial charge in [-0.05, 0) is 91.5 Å². The smallest absolute Gasteiger partial charge is 0.245 e. The van der Waals surface area contributed by atoms with Crippen molar-refractivity contribution in [2.45, 2.75) is 139 Å². The van der Waals surface area contributed by atoms with Crippen LogP contribution in [-0.2, 0) is 47.9 Å². The number of carbonyl (C=O) groups excluding carboxylic acids is 10. The third-order valence-electron chi connectivity index (χ3n) is 10.3. The van der Waals surface area contributed by atoms with Crippen LogP contribution >= 0.6 is 0 Å². The highest BCUT2D eigenvalue weighted by molar-refractivity contribution is 5.98. The molecule has 0 bridgehead atoms. The van der Waals surface area contributed by atoms with Crippen molar-refractivity contribution in [1.82, 2.24) is 53.2 Å². The number of amides is 10. The Bertz CT molecular complexity index is 1670. The number of hydrogen-bond acceptors (Lipinski definition) is 18. The molecular weight excluding hydrogens is 885 g/mol. The first-order chi connectivity index (χ1) is 31.7. The second-order valence-corrected chi connectivity index (χ2v) is 16.0. The van der Waals surface area contributed by atoms with Gasteiger partial charge in [0, 0.05) is 6.54 Å². The standard InChI is InChI=1S/C39H74N16O12/c1-4-5-22-33(61)50-24(8-14-42)34(62)51-26(10-16-44)37(65)55-29(19(2)56)38(66)46-17-11-27(36(64)49-23(7-13-41)32(60)47-18-28(58)48-22)52-35(63)25(9-15-43)53-39(67)30(20(3)57)54-31(59)21(45)6-12-40/h19-27,29-30,56-57H,4-18,40-45H2,1-3H3,(H,46,66)(H,47,60)(H,48,58)(H,49,64)(H,50,61)(H,51,62)(H,52,63)(H,53,67)(H,54,59)(H,55,65)/t19-,20-,21+,22+,23+,24+,25+,26+,27+,29+,30+/m1/s1. The molecule has 10 amide bonds. The summed E-state index contributed by atoms with van der Waals surface area (Å²) in [6.45, 7) is 2.51. The number of rotatable bonds is 20. The van der Waals surface area contributed by atoms with E-state index < -0.39 is 145 Å². The molecular formula is C39H74N16O12. The monoisotopic (exact) mass is 959 g/mol. The average Bonchev–Trinajstić information content (AvgIpc) is 3.26. The van der Waals surface area contributed by atoms with Gasteiger partial charge in [0.25, 0.3) is 0 Å². The summed E-state index contributed by atoms with van der Waals surface area (Å²) < 4.78 is 0. The van der Waals surface area contributed by atoms with Crippen LogP contribution in [0, 0.1) is 0 Å². The molecule has 67 heavy (non-hydrogen) atoms. The maximum Gasteiger partial charge on any atom is 0.245 e. The minimum atomic E-state index is -1.65. The van der Waals surface area contributed by atoms with Gasteiger partial charge in [0.1, 0.15) is 48.3 Å². The van der Waals surface area contributed by atoms with E-state index in [1.807, 2.05) is 0 Å². The summed E-state index contributed by atoms with van der Waals surface area (Å²) >= 11 is 0. The molecule has 1 heterocycles. The van der Waals surface area contributed by atoms with Gasteiger partial charge < -0.3 is 97.8 Å². The molecule has 28 nitrogen and oxygen atoms in total. The predicted octanol–water partition coefficient (Wildman–Crippen LogP) is -9.87. The third kappa shape index (κ3) is 20.8. The lowest BCUT2D eigenvalue weighted by Gasteiger charge is -2.28. The lowest BCUT2D eigenvalue weighted by molar-refractivity contribution is -0.136. The molecule has 0 spiro atoms. The fourth-order valence-corrected chi connectivity index (χ4v) is 6.54. The molecule has 1 rings (SSSR count). The Kier molecular flexibility index (Phi) is 27.8. The molecule has 0 aliphatic carbocycles. The molecule has 0 radical (unpaired) electrons. The van der Waals surface area contributed by atoms with E-state index in [1.54, 1.807) is 6.92 Å². The quantitative estimate of drug-likeness (QED) is 0.0539. The number of nitrogens with one attached hydrogen (secondary N) is 10. The molecule has 1 aliphatic rings. The van der Waals surface area contributed by atoms with Gasteiger partial charge in [0.2, 0.25) is 59.1 Å². The van der Waals surface area contributed by atoms with Gasteiger partial charge in [0.15, 0.2) is 0 Å². The van der Waals surface area contributed by atoms with Crippen LogP contribution in [0.15, 0.2) is 0 Å². The van der Waals surface area contributed by atoms with E-state index in [9.17, 15) is 58.2 Å². The summed E-state index contributed by atoms with van der Waals surface area (Å²) in [6.07, 6.45) is -3.56. The summed E-state index contributed by atoms with van der Waals surface area (Å²) in [6, 6.07) is -12.8. The van der Waals surface area contributed by atoms with E-state index in [1.165, 1.54) is 13.8 Å². The molecule has 0 aromatic heterocycles. The van der Waals surface area contributed by atoms with E-state index in [0.717, 1.165) is 0 Å². The Morgan fingerprint density at radius 1 is 0.612 bits per heavy atom. The van der Waals surface area contributed by atoms with Crippen LogP contribution < -0.4 is 87.6 Å². The summed E-state index contributed by atoms with van der Waals surface area (Å²) in [5.74, 6) is -9.10. The Balaban J connectivity index is 3.68. The summed E-state index contributed by atoms with van der Waals surface area (Å²) in [5, 5.41) is 45.3. The van der Waals surface area contributed by atoms with Gasteiger partial charge in [-0.1, -0.05) is 13.3 Å². The van der Waals surface area contributed by atoms with Gasteiger partial charge in [-0.2, -0.15) is 0 Å². The van der Waals surface area contributed by atoms with E-state index in [-0.39, 0.29) is 71.2 Å². The van der Waals surface area contributed by atoms with Crippen molar-refractivity contribution in [3.63, 3.8) is 0 Å². The van der Waals surface area contributed by atoms with Crippen LogP contribution in [-0.4, -0.2) is 182 Å². The first-order valence-corrected chi connectivity index (χ1v) is 22.3. The highest BCUT2D eigenvalue weighted by Crippen LogP contribution is 2.06.